The molecule has 0 bridgehead atoms. The zero-order valence-corrected chi connectivity index (χ0v) is 12.3. The van der Waals surface area contributed by atoms with E-state index in [0.717, 1.165) is 18.2 Å². The van der Waals surface area contributed by atoms with Gasteiger partial charge in [0.1, 0.15) is 0 Å². The summed E-state index contributed by atoms with van der Waals surface area (Å²) < 4.78 is 0. The summed E-state index contributed by atoms with van der Waals surface area (Å²) in [6.07, 6.45) is 6.64. The highest BCUT2D eigenvalue weighted by Crippen LogP contribution is 2.30. The fourth-order valence-electron chi connectivity index (χ4n) is 2.34. The van der Waals surface area contributed by atoms with E-state index in [9.17, 15) is 4.79 Å². The third-order valence-corrected chi connectivity index (χ3v) is 4.24. The van der Waals surface area contributed by atoms with Gasteiger partial charge >= 0.3 is 0 Å². The van der Waals surface area contributed by atoms with E-state index in [0.29, 0.717) is 6.42 Å². The van der Waals surface area contributed by atoms with Crippen LogP contribution >= 0.6 is 15.9 Å². The van der Waals surface area contributed by atoms with Crippen LogP contribution in [-0.2, 0) is 4.79 Å². The molecule has 1 N–H and O–H groups in total. The molecule has 16 heavy (non-hydrogen) atoms. The zero-order valence-electron chi connectivity index (χ0n) is 10.7. The smallest absolute Gasteiger partial charge is 0.220 e. The molecule has 0 aromatic rings. The lowest BCUT2D eigenvalue weighted by Crippen LogP contribution is -2.51. The molecule has 0 aromatic heterocycles. The van der Waals surface area contributed by atoms with Crippen molar-refractivity contribution in [3.05, 3.63) is 0 Å². The van der Waals surface area contributed by atoms with E-state index in [1.165, 1.54) is 19.3 Å². The minimum atomic E-state index is 0.0284. The minimum Gasteiger partial charge on any atom is -0.350 e. The molecule has 1 aliphatic rings. The first-order valence-electron chi connectivity index (χ1n) is 6.24. The van der Waals surface area contributed by atoms with Gasteiger partial charge in [-0.3, -0.25) is 4.79 Å². The van der Waals surface area contributed by atoms with Crippen LogP contribution in [0.2, 0.25) is 0 Å². The van der Waals surface area contributed by atoms with Crippen molar-refractivity contribution in [2.24, 2.45) is 5.41 Å². The van der Waals surface area contributed by atoms with Crippen molar-refractivity contribution in [2.45, 2.75) is 64.8 Å². The van der Waals surface area contributed by atoms with Crippen LogP contribution in [0.1, 0.15) is 59.3 Å². The van der Waals surface area contributed by atoms with Gasteiger partial charge < -0.3 is 5.32 Å². The van der Waals surface area contributed by atoms with Crippen molar-refractivity contribution in [3.8, 4) is 0 Å². The van der Waals surface area contributed by atoms with Crippen molar-refractivity contribution in [2.75, 3.05) is 5.33 Å². The van der Waals surface area contributed by atoms with E-state index in [2.05, 4.69) is 42.0 Å². The highest BCUT2D eigenvalue weighted by Gasteiger charge is 2.33. The maximum atomic E-state index is 12.0. The number of amides is 1. The van der Waals surface area contributed by atoms with Crippen LogP contribution in [0.25, 0.3) is 0 Å². The average molecular weight is 290 g/mol. The van der Waals surface area contributed by atoms with E-state index in [1.54, 1.807) is 0 Å². The SMILES string of the molecule is CC(C)(C)CC(=O)NC1(CBr)CCCCC1. The van der Waals surface area contributed by atoms with Gasteiger partial charge in [0.05, 0.1) is 0 Å². The molecule has 2 nitrogen and oxygen atoms in total. The summed E-state index contributed by atoms with van der Waals surface area (Å²) in [5, 5.41) is 4.14. The van der Waals surface area contributed by atoms with Crippen molar-refractivity contribution < 1.29 is 4.79 Å². The van der Waals surface area contributed by atoms with Crippen LogP contribution in [0.3, 0.4) is 0 Å². The first-order chi connectivity index (χ1) is 7.37. The monoisotopic (exact) mass is 289 g/mol. The second-order valence-electron chi connectivity index (χ2n) is 6.26. The largest absolute Gasteiger partial charge is 0.350 e. The van der Waals surface area contributed by atoms with Gasteiger partial charge in [0, 0.05) is 17.3 Å². The summed E-state index contributed by atoms with van der Waals surface area (Å²) in [6, 6.07) is 0. The molecule has 1 rings (SSSR count). The molecular formula is C13H24BrNO. The summed E-state index contributed by atoms with van der Waals surface area (Å²) in [4.78, 5) is 12.0. The van der Waals surface area contributed by atoms with Gasteiger partial charge in [-0.25, -0.2) is 0 Å². The molecule has 0 unspecified atom stereocenters. The molecule has 1 saturated carbocycles. The van der Waals surface area contributed by atoms with Crippen LogP contribution in [0.15, 0.2) is 0 Å². The van der Waals surface area contributed by atoms with Crippen molar-refractivity contribution >= 4 is 21.8 Å². The molecule has 1 amide bonds. The maximum absolute atomic E-state index is 12.0. The summed E-state index contributed by atoms with van der Waals surface area (Å²) in [5.41, 5.74) is 0.104. The Morgan fingerprint density at radius 2 is 1.81 bits per heavy atom. The molecule has 0 saturated heterocycles. The molecule has 0 aromatic carbocycles. The van der Waals surface area contributed by atoms with Gasteiger partial charge in [-0.1, -0.05) is 56.0 Å². The molecule has 0 spiro atoms. The lowest BCUT2D eigenvalue weighted by atomic mass is 9.82. The number of alkyl halides is 1. The highest BCUT2D eigenvalue weighted by atomic mass is 79.9. The third kappa shape index (κ3) is 4.44. The first kappa shape index (κ1) is 14.0. The number of hydrogen-bond acceptors (Lipinski definition) is 1. The Labute approximate surface area is 108 Å². The van der Waals surface area contributed by atoms with Gasteiger partial charge in [-0.2, -0.15) is 0 Å². The molecule has 0 heterocycles. The molecular weight excluding hydrogens is 266 g/mol. The Kier molecular flexibility index (Phi) is 4.84. The number of carbonyl (C=O) groups is 1. The highest BCUT2D eigenvalue weighted by molar-refractivity contribution is 9.09. The number of halogens is 1. The number of rotatable bonds is 3. The van der Waals surface area contributed by atoms with E-state index in [1.807, 2.05) is 0 Å². The van der Waals surface area contributed by atoms with Crippen LogP contribution in [0.4, 0.5) is 0 Å². The van der Waals surface area contributed by atoms with E-state index in [4.69, 9.17) is 0 Å². The number of nitrogens with one attached hydrogen (secondary N) is 1. The Balaban J connectivity index is 2.52. The predicted octanol–water partition coefficient (Wildman–Crippen LogP) is 3.64. The van der Waals surface area contributed by atoms with Gasteiger partial charge in [-0.15, -0.1) is 0 Å². The Bertz CT molecular complexity index is 239. The van der Waals surface area contributed by atoms with Crippen molar-refractivity contribution in [1.29, 1.82) is 0 Å². The molecule has 3 heteroatoms. The molecule has 1 aliphatic carbocycles. The number of carbonyl (C=O) groups excluding carboxylic acids is 1. The van der Waals surface area contributed by atoms with E-state index < -0.39 is 0 Å². The van der Waals surface area contributed by atoms with Gasteiger partial charge in [0.2, 0.25) is 5.91 Å². The topological polar surface area (TPSA) is 29.1 Å². The zero-order chi connectivity index (χ0) is 12.2. The fourth-order valence-corrected chi connectivity index (χ4v) is 3.04. The second-order valence-corrected chi connectivity index (χ2v) is 6.82. The van der Waals surface area contributed by atoms with Gasteiger partial charge in [-0.05, 0) is 18.3 Å². The predicted molar refractivity (Wildman–Crippen MR) is 71.8 cm³/mol. The Hall–Kier alpha value is -0.0500. The summed E-state index contributed by atoms with van der Waals surface area (Å²) >= 11 is 3.56. The maximum Gasteiger partial charge on any atom is 0.220 e. The molecule has 1 fully saturated rings. The number of hydrogen-bond donors (Lipinski definition) is 1. The lowest BCUT2D eigenvalue weighted by Gasteiger charge is -2.37. The van der Waals surface area contributed by atoms with E-state index in [-0.39, 0.29) is 16.9 Å². The van der Waals surface area contributed by atoms with Crippen molar-refractivity contribution in [3.63, 3.8) is 0 Å². The second kappa shape index (κ2) is 5.52. The molecule has 0 radical (unpaired) electrons. The Morgan fingerprint density at radius 3 is 2.25 bits per heavy atom. The third-order valence-electron chi connectivity index (χ3n) is 3.16. The minimum absolute atomic E-state index is 0.0284. The van der Waals surface area contributed by atoms with Crippen molar-refractivity contribution in [1.82, 2.24) is 5.32 Å². The fraction of sp³-hybridized carbons (Fsp3) is 0.923. The van der Waals surface area contributed by atoms with Crippen LogP contribution in [0.5, 0.6) is 0 Å². The average Bonchev–Trinajstić information content (AvgIpc) is 2.16. The Morgan fingerprint density at radius 1 is 1.25 bits per heavy atom. The van der Waals surface area contributed by atoms with E-state index >= 15 is 0 Å². The normalized spacial score (nSPS) is 20.5. The first-order valence-corrected chi connectivity index (χ1v) is 7.36. The lowest BCUT2D eigenvalue weighted by molar-refractivity contribution is -0.124. The quantitative estimate of drug-likeness (QED) is 0.790. The van der Waals surface area contributed by atoms with Gasteiger partial charge in [0.25, 0.3) is 0 Å². The standard InChI is InChI=1S/C13H24BrNO/c1-12(2,3)9-11(16)15-13(10-14)7-5-4-6-8-13/h4-10H2,1-3H3,(H,15,16). The summed E-state index contributed by atoms with van der Waals surface area (Å²) in [6.45, 7) is 6.32. The molecule has 0 aliphatic heterocycles. The van der Waals surface area contributed by atoms with Gasteiger partial charge in [0.15, 0.2) is 0 Å². The van der Waals surface area contributed by atoms with Crippen LogP contribution in [0, 0.1) is 5.41 Å². The molecule has 94 valence electrons. The van der Waals surface area contributed by atoms with Crippen LogP contribution in [-0.4, -0.2) is 16.8 Å². The van der Waals surface area contributed by atoms with Crippen LogP contribution < -0.4 is 5.32 Å². The summed E-state index contributed by atoms with van der Waals surface area (Å²) in [5.74, 6) is 0.203. The molecule has 0 atom stereocenters. The summed E-state index contributed by atoms with van der Waals surface area (Å²) in [7, 11) is 0.